The molecule has 0 unspecified atom stereocenters. The van der Waals surface area contributed by atoms with Gasteiger partial charge >= 0.3 is 0 Å². The average Bonchev–Trinajstić information content (AvgIpc) is 3.06. The van der Waals surface area contributed by atoms with Crippen LogP contribution in [0, 0.1) is 0 Å². The quantitative estimate of drug-likeness (QED) is 0.563. The van der Waals surface area contributed by atoms with Crippen LogP contribution in [0.15, 0.2) is 41.3 Å². The Morgan fingerprint density at radius 1 is 1.17 bits per heavy atom. The van der Waals surface area contributed by atoms with Crippen LogP contribution >= 0.6 is 24.0 Å². The van der Waals surface area contributed by atoms with E-state index >= 15 is 0 Å². The molecule has 9 heteroatoms. The Kier molecular flexibility index (Phi) is 5.65. The standard InChI is InChI=1S/C21H18N2O5S2/c1-26-14-5-13(6-15(9-14)27-2)10-23-16-7-12(3-4-17(16)28-11-19(23)24)8-18-20(25)22-21(29)30-18/h3-9H,10-11H2,1-2H3,(H,22,25,29)/b18-8+. The molecule has 1 saturated heterocycles. The number of benzene rings is 2. The molecular formula is C21H18N2O5S2. The highest BCUT2D eigenvalue weighted by Gasteiger charge is 2.27. The smallest absolute Gasteiger partial charge is 0.265 e. The minimum absolute atomic E-state index is 0.0406. The van der Waals surface area contributed by atoms with Crippen molar-refractivity contribution in [1.82, 2.24) is 5.32 Å². The maximum atomic E-state index is 12.7. The van der Waals surface area contributed by atoms with Crippen molar-refractivity contribution in [3.63, 3.8) is 0 Å². The fourth-order valence-corrected chi connectivity index (χ4v) is 4.24. The number of rotatable bonds is 5. The Balaban J connectivity index is 1.68. The minimum atomic E-state index is -0.227. The van der Waals surface area contributed by atoms with E-state index in [1.165, 1.54) is 11.8 Å². The summed E-state index contributed by atoms with van der Waals surface area (Å²) in [6.45, 7) is 0.281. The molecule has 0 bridgehead atoms. The van der Waals surface area contributed by atoms with Crippen molar-refractivity contribution < 1.29 is 23.8 Å². The highest BCUT2D eigenvalue weighted by atomic mass is 32.2. The van der Waals surface area contributed by atoms with Crippen LogP contribution in [0.5, 0.6) is 17.2 Å². The average molecular weight is 443 g/mol. The van der Waals surface area contributed by atoms with Crippen LogP contribution in [-0.4, -0.2) is 37.0 Å². The number of methoxy groups -OCH3 is 2. The lowest BCUT2D eigenvalue weighted by molar-refractivity contribution is -0.121. The van der Waals surface area contributed by atoms with E-state index in [-0.39, 0.29) is 18.4 Å². The lowest BCUT2D eigenvalue weighted by atomic mass is 10.1. The summed E-state index contributed by atoms with van der Waals surface area (Å²) in [5.41, 5.74) is 2.25. The fraction of sp³-hybridized carbons (Fsp3) is 0.190. The molecular weight excluding hydrogens is 424 g/mol. The van der Waals surface area contributed by atoms with Gasteiger partial charge in [0.15, 0.2) is 6.61 Å². The van der Waals surface area contributed by atoms with Gasteiger partial charge in [-0.25, -0.2) is 0 Å². The number of nitrogens with one attached hydrogen (secondary N) is 1. The summed E-state index contributed by atoms with van der Waals surface area (Å²) < 4.78 is 16.7. The zero-order valence-corrected chi connectivity index (χ0v) is 17.9. The lowest BCUT2D eigenvalue weighted by Gasteiger charge is -2.30. The van der Waals surface area contributed by atoms with E-state index in [2.05, 4.69) is 5.32 Å². The van der Waals surface area contributed by atoms with Gasteiger partial charge in [0.05, 0.1) is 31.4 Å². The molecule has 2 aromatic carbocycles. The Morgan fingerprint density at radius 2 is 1.90 bits per heavy atom. The van der Waals surface area contributed by atoms with Crippen LogP contribution in [-0.2, 0) is 16.1 Å². The van der Waals surface area contributed by atoms with Gasteiger partial charge in [0, 0.05) is 6.07 Å². The second-order valence-corrected chi connectivity index (χ2v) is 8.29. The molecule has 0 spiro atoms. The number of hydrogen-bond acceptors (Lipinski definition) is 7. The predicted molar refractivity (Wildman–Crippen MR) is 119 cm³/mol. The van der Waals surface area contributed by atoms with Gasteiger partial charge in [-0.3, -0.25) is 9.59 Å². The van der Waals surface area contributed by atoms with Gasteiger partial charge in [-0.2, -0.15) is 0 Å². The normalized spacial score (nSPS) is 16.9. The van der Waals surface area contributed by atoms with Crippen LogP contribution in [0.1, 0.15) is 11.1 Å². The van der Waals surface area contributed by atoms with Gasteiger partial charge < -0.3 is 24.4 Å². The third-order valence-electron chi connectivity index (χ3n) is 4.62. The van der Waals surface area contributed by atoms with E-state index in [1.807, 2.05) is 24.3 Å². The summed E-state index contributed by atoms with van der Waals surface area (Å²) in [5, 5.41) is 2.59. The molecule has 7 nitrogen and oxygen atoms in total. The summed E-state index contributed by atoms with van der Waals surface area (Å²) in [6, 6.07) is 10.9. The Hall–Kier alpha value is -3.04. The van der Waals surface area contributed by atoms with E-state index in [0.717, 1.165) is 11.1 Å². The molecule has 154 valence electrons. The molecule has 0 atom stereocenters. The van der Waals surface area contributed by atoms with Crippen LogP contribution in [0.3, 0.4) is 0 Å². The first-order valence-electron chi connectivity index (χ1n) is 9.01. The number of thiocarbonyl (C=S) groups is 1. The van der Waals surface area contributed by atoms with E-state index in [1.54, 1.807) is 37.3 Å². The highest BCUT2D eigenvalue weighted by molar-refractivity contribution is 8.26. The fourth-order valence-electron chi connectivity index (χ4n) is 3.19. The number of hydrogen-bond donors (Lipinski definition) is 1. The van der Waals surface area contributed by atoms with Gasteiger partial charge in [-0.05, 0) is 41.5 Å². The molecule has 0 saturated carbocycles. The topological polar surface area (TPSA) is 77.1 Å². The Morgan fingerprint density at radius 3 is 2.53 bits per heavy atom. The summed E-state index contributed by atoms with van der Waals surface area (Å²) in [5.74, 6) is 1.50. The van der Waals surface area contributed by atoms with E-state index < -0.39 is 0 Å². The minimum Gasteiger partial charge on any atom is -0.497 e. The summed E-state index contributed by atoms with van der Waals surface area (Å²) in [6.07, 6.45) is 1.74. The second-order valence-electron chi connectivity index (χ2n) is 6.57. The molecule has 0 aromatic heterocycles. The zero-order valence-electron chi connectivity index (χ0n) is 16.3. The molecule has 1 N–H and O–H groups in total. The zero-order chi connectivity index (χ0) is 21.3. The third-order valence-corrected chi connectivity index (χ3v) is 5.78. The van der Waals surface area contributed by atoms with Crippen LogP contribution in [0.25, 0.3) is 6.08 Å². The monoisotopic (exact) mass is 442 g/mol. The van der Waals surface area contributed by atoms with Crippen LogP contribution in [0.2, 0.25) is 0 Å². The van der Waals surface area contributed by atoms with E-state index in [0.29, 0.717) is 38.7 Å². The van der Waals surface area contributed by atoms with Gasteiger partial charge in [-0.15, -0.1) is 0 Å². The number of thioether (sulfide) groups is 1. The number of anilines is 1. The molecule has 2 heterocycles. The van der Waals surface area contributed by atoms with Gasteiger partial charge in [0.1, 0.15) is 21.6 Å². The first-order chi connectivity index (χ1) is 14.5. The highest BCUT2D eigenvalue weighted by Crippen LogP contribution is 2.36. The molecule has 1 fully saturated rings. The number of fused-ring (bicyclic) bond motifs is 1. The van der Waals surface area contributed by atoms with Crippen LogP contribution in [0.4, 0.5) is 5.69 Å². The maximum absolute atomic E-state index is 12.7. The van der Waals surface area contributed by atoms with Crippen molar-refractivity contribution in [3.05, 3.63) is 52.4 Å². The largest absolute Gasteiger partial charge is 0.497 e. The number of ether oxygens (including phenoxy) is 3. The van der Waals surface area contributed by atoms with Crippen molar-refractivity contribution in [1.29, 1.82) is 0 Å². The van der Waals surface area contributed by atoms with Crippen molar-refractivity contribution in [2.24, 2.45) is 0 Å². The Labute approximate surface area is 183 Å². The molecule has 30 heavy (non-hydrogen) atoms. The molecule has 0 radical (unpaired) electrons. The molecule has 2 aliphatic rings. The van der Waals surface area contributed by atoms with E-state index in [4.69, 9.17) is 26.4 Å². The first-order valence-corrected chi connectivity index (χ1v) is 10.2. The molecule has 0 aliphatic carbocycles. The van der Waals surface area contributed by atoms with Gasteiger partial charge in [-0.1, -0.05) is 30.0 Å². The third kappa shape index (κ3) is 4.12. The maximum Gasteiger partial charge on any atom is 0.265 e. The van der Waals surface area contributed by atoms with Gasteiger partial charge in [0.2, 0.25) is 0 Å². The molecule has 2 aliphatic heterocycles. The Bertz CT molecular complexity index is 1060. The number of nitrogens with zero attached hydrogens (tertiary/aromatic N) is 1. The lowest BCUT2D eigenvalue weighted by Crippen LogP contribution is -2.38. The van der Waals surface area contributed by atoms with Crippen molar-refractivity contribution >= 4 is 51.9 Å². The van der Waals surface area contributed by atoms with Crippen molar-refractivity contribution in [2.45, 2.75) is 6.54 Å². The summed E-state index contributed by atoms with van der Waals surface area (Å²) in [4.78, 5) is 26.8. The summed E-state index contributed by atoms with van der Waals surface area (Å²) >= 11 is 6.24. The number of amides is 2. The molecule has 2 aromatic rings. The van der Waals surface area contributed by atoms with Gasteiger partial charge in [0.25, 0.3) is 11.8 Å². The predicted octanol–water partition coefficient (Wildman–Crippen LogP) is 3.12. The van der Waals surface area contributed by atoms with Crippen molar-refractivity contribution in [3.8, 4) is 17.2 Å². The van der Waals surface area contributed by atoms with Crippen LogP contribution < -0.4 is 24.4 Å². The van der Waals surface area contributed by atoms with Crippen molar-refractivity contribution in [2.75, 3.05) is 25.7 Å². The SMILES string of the molecule is COc1cc(CN2C(=O)COc3ccc(/C=C4/SC(=S)NC4=O)cc32)cc(OC)c1. The number of carbonyl (C=O) groups is 2. The molecule has 2 amide bonds. The first kappa shape index (κ1) is 20.2. The molecule has 4 rings (SSSR count). The number of carbonyl (C=O) groups excluding carboxylic acids is 2. The second kappa shape index (κ2) is 8.37. The summed E-state index contributed by atoms with van der Waals surface area (Å²) in [7, 11) is 3.16. The van der Waals surface area contributed by atoms with E-state index in [9.17, 15) is 9.59 Å².